The Morgan fingerprint density at radius 2 is 1.24 bits per heavy atom. The summed E-state index contributed by atoms with van der Waals surface area (Å²) in [6, 6.07) is 27.6. The van der Waals surface area contributed by atoms with Crippen molar-refractivity contribution in [1.82, 2.24) is 52.3 Å². The molecule has 2 fully saturated rings. The molecule has 0 unspecified atom stereocenters. The van der Waals surface area contributed by atoms with Crippen LogP contribution < -0.4 is 42.5 Å². The highest BCUT2D eigenvalue weighted by Crippen LogP contribution is 2.32. The predicted molar refractivity (Wildman–Crippen MR) is 302 cm³/mol. The molecule has 18 heteroatoms. The molecule has 79 heavy (non-hydrogen) atoms. The van der Waals surface area contributed by atoms with Gasteiger partial charge in [-0.15, -0.1) is 0 Å². The minimum absolute atomic E-state index is 0.0106. The molecule has 7 rings (SSSR count). The van der Waals surface area contributed by atoms with E-state index < -0.39 is 71.5 Å². The smallest absolute Gasteiger partial charge is 0.251 e. The van der Waals surface area contributed by atoms with Gasteiger partial charge in [-0.25, -0.2) is 0 Å². The Balaban J connectivity index is 0.971. The fourth-order valence-corrected chi connectivity index (χ4v) is 10.7. The van der Waals surface area contributed by atoms with Crippen LogP contribution in [0.2, 0.25) is 0 Å². The number of hydrogen-bond acceptors (Lipinski definition) is 10. The van der Waals surface area contributed by atoms with Gasteiger partial charge in [0.1, 0.15) is 24.2 Å². The first-order valence-electron chi connectivity index (χ1n) is 27.9. The van der Waals surface area contributed by atoms with Gasteiger partial charge in [-0.05, 0) is 132 Å². The fourth-order valence-electron chi connectivity index (χ4n) is 10.7. The topological polar surface area (TPSA) is 239 Å². The monoisotopic (exact) mass is 1080 g/mol. The summed E-state index contributed by atoms with van der Waals surface area (Å²) in [4.78, 5) is 115. The molecular formula is C61H80N10O8. The van der Waals surface area contributed by atoms with Gasteiger partial charge in [-0.1, -0.05) is 112 Å². The van der Waals surface area contributed by atoms with Gasteiger partial charge in [0, 0.05) is 36.8 Å². The van der Waals surface area contributed by atoms with Crippen molar-refractivity contribution in [3.63, 3.8) is 0 Å². The van der Waals surface area contributed by atoms with Gasteiger partial charge in [0.15, 0.2) is 0 Å². The molecule has 0 saturated carbocycles. The van der Waals surface area contributed by atoms with Crippen LogP contribution in [0.3, 0.4) is 0 Å². The zero-order valence-electron chi connectivity index (χ0n) is 46.7. The van der Waals surface area contributed by atoms with Crippen molar-refractivity contribution in [2.24, 2.45) is 5.41 Å². The van der Waals surface area contributed by atoms with Crippen molar-refractivity contribution in [1.29, 1.82) is 0 Å². The molecule has 422 valence electrons. The van der Waals surface area contributed by atoms with Crippen LogP contribution >= 0.6 is 0 Å². The Morgan fingerprint density at radius 3 is 1.89 bits per heavy atom. The number of nitrogens with zero attached hydrogens (tertiary/aromatic N) is 2. The molecule has 3 aliphatic rings. The maximum absolute atomic E-state index is 14.6. The van der Waals surface area contributed by atoms with E-state index in [-0.39, 0.29) is 72.6 Å². The van der Waals surface area contributed by atoms with Crippen LogP contribution in [0.5, 0.6) is 0 Å². The van der Waals surface area contributed by atoms with E-state index in [1.54, 1.807) is 51.0 Å². The van der Waals surface area contributed by atoms with Crippen molar-refractivity contribution in [3.8, 4) is 0 Å². The molecule has 8 amide bonds. The highest BCUT2D eigenvalue weighted by atomic mass is 16.2. The number of unbranched alkanes of at least 4 members (excludes halogenated alkanes) is 1. The highest BCUT2D eigenvalue weighted by Gasteiger charge is 2.46. The Labute approximate surface area is 464 Å². The van der Waals surface area contributed by atoms with Crippen LogP contribution in [0.25, 0.3) is 0 Å². The molecule has 2 heterocycles. The standard InChI is InChI=1S/C61H80N10O8/c1-38(62-6)53(72)67-48(59(78)70-34-20-32-49(70)57(76)68-51(41-22-10-8-11-23-41)42-24-12-9-13-25-42)30-16-17-33-64-55(74)43-27-18-28-44(35-43)56(75)65-45-36-50(58(77)66-47-31-19-26-40-21-14-15-29-46(40)47)71(37-45)60(79)52(61(3,4)5)69-54(73)39(2)63-7/h8-15,18,21-25,27-29,35,38-39,45,47-52,62-63H,16-17,19-20,26,30-34,36-37H2,1-7H3,(H,64,74)(H,65,75)(H,66,77)(H,67,72)(H,68,76)(H,69,73)/t38-,39-,45-,47+,48-,49-,50-,52+/m0/s1. The predicted octanol–water partition coefficient (Wildman–Crippen LogP) is 4.61. The third-order valence-electron chi connectivity index (χ3n) is 15.6. The molecular weight excluding hydrogens is 1000 g/mol. The molecule has 2 aliphatic heterocycles. The summed E-state index contributed by atoms with van der Waals surface area (Å²) in [6.07, 6.45) is 4.93. The number of likely N-dealkylation sites (N-methyl/N-ethyl adjacent to an activating group) is 2. The lowest BCUT2D eigenvalue weighted by molar-refractivity contribution is -0.144. The largest absolute Gasteiger partial charge is 0.352 e. The summed E-state index contributed by atoms with van der Waals surface area (Å²) in [5.41, 5.74) is 3.74. The molecule has 0 bridgehead atoms. The minimum atomic E-state index is -0.981. The van der Waals surface area contributed by atoms with Crippen LogP contribution in [0.1, 0.15) is 141 Å². The summed E-state index contributed by atoms with van der Waals surface area (Å²) >= 11 is 0. The average molecular weight is 1080 g/mol. The number of carbonyl (C=O) groups is 8. The van der Waals surface area contributed by atoms with Crippen molar-refractivity contribution in [3.05, 3.63) is 143 Å². The van der Waals surface area contributed by atoms with E-state index in [2.05, 4.69) is 48.6 Å². The van der Waals surface area contributed by atoms with Crippen molar-refractivity contribution < 1.29 is 38.4 Å². The molecule has 4 aromatic rings. The second kappa shape index (κ2) is 27.4. The minimum Gasteiger partial charge on any atom is -0.352 e. The number of nitrogens with one attached hydrogen (secondary N) is 8. The maximum atomic E-state index is 14.6. The van der Waals surface area contributed by atoms with E-state index in [0.717, 1.165) is 36.0 Å². The SMILES string of the molecule is CN[C@@H](C)C(=O)N[C@@H](CCCCNC(=O)c1cccc(C(=O)N[C@H]2C[C@@H](C(=O)N[C@@H]3CCCc4ccccc43)N(C(=O)[C@@H](NC(=O)[C@H](C)NC)C(C)(C)C)C2)c1)C(=O)N1CCC[C@H]1C(=O)NC(c1ccccc1)c1ccccc1. The summed E-state index contributed by atoms with van der Waals surface area (Å²) in [6.45, 7) is 9.55. The normalized spacial score (nSPS) is 19.5. The number of hydrogen-bond donors (Lipinski definition) is 8. The lowest BCUT2D eigenvalue weighted by Crippen LogP contribution is -2.59. The van der Waals surface area contributed by atoms with Gasteiger partial charge in [-0.2, -0.15) is 0 Å². The third kappa shape index (κ3) is 15.2. The molecule has 8 N–H and O–H groups in total. The number of rotatable bonds is 22. The van der Waals surface area contributed by atoms with E-state index in [0.29, 0.717) is 32.2 Å². The average Bonchev–Trinajstić information content (AvgIpc) is 4.22. The van der Waals surface area contributed by atoms with Crippen LogP contribution in [-0.2, 0) is 35.2 Å². The molecule has 2 saturated heterocycles. The first-order chi connectivity index (χ1) is 37.9. The van der Waals surface area contributed by atoms with Gasteiger partial charge < -0.3 is 52.3 Å². The number of likely N-dealkylation sites (tertiary alicyclic amines) is 2. The summed E-state index contributed by atoms with van der Waals surface area (Å²) in [5, 5.41) is 24.0. The van der Waals surface area contributed by atoms with Crippen molar-refractivity contribution in [2.75, 3.05) is 33.7 Å². The van der Waals surface area contributed by atoms with Crippen molar-refractivity contribution >= 4 is 47.3 Å². The lowest BCUT2D eigenvalue weighted by Gasteiger charge is -2.36. The highest BCUT2D eigenvalue weighted by molar-refractivity contribution is 6.00. The first-order valence-corrected chi connectivity index (χ1v) is 27.9. The zero-order chi connectivity index (χ0) is 56.8. The molecule has 8 atom stereocenters. The van der Waals surface area contributed by atoms with Crippen molar-refractivity contribution in [2.45, 2.75) is 147 Å². The van der Waals surface area contributed by atoms with E-state index in [1.807, 2.05) is 99.6 Å². The third-order valence-corrected chi connectivity index (χ3v) is 15.6. The van der Waals surface area contributed by atoms with Gasteiger partial charge in [0.25, 0.3) is 11.8 Å². The van der Waals surface area contributed by atoms with E-state index in [4.69, 9.17) is 0 Å². The molecule has 0 spiro atoms. The molecule has 1 aliphatic carbocycles. The van der Waals surface area contributed by atoms with Crippen LogP contribution in [0.4, 0.5) is 0 Å². The number of fused-ring (bicyclic) bond motifs is 1. The van der Waals surface area contributed by atoms with E-state index >= 15 is 0 Å². The summed E-state index contributed by atoms with van der Waals surface area (Å²) in [7, 11) is 3.31. The van der Waals surface area contributed by atoms with Gasteiger partial charge in [0.05, 0.1) is 24.2 Å². The Kier molecular flexibility index (Phi) is 20.6. The van der Waals surface area contributed by atoms with Crippen LogP contribution in [0.15, 0.2) is 109 Å². The Morgan fingerprint density at radius 1 is 0.620 bits per heavy atom. The maximum Gasteiger partial charge on any atom is 0.251 e. The van der Waals surface area contributed by atoms with Crippen LogP contribution in [0, 0.1) is 5.41 Å². The molecule has 18 nitrogen and oxygen atoms in total. The fraction of sp³-hybridized carbons (Fsp3) is 0.475. The second-order valence-electron chi connectivity index (χ2n) is 22.2. The Bertz CT molecular complexity index is 2750. The van der Waals surface area contributed by atoms with E-state index in [1.165, 1.54) is 16.5 Å². The Hall–Kier alpha value is -7.44. The van der Waals surface area contributed by atoms with Gasteiger partial charge in [0.2, 0.25) is 35.4 Å². The number of benzene rings is 4. The number of aryl methyl sites for hydroxylation is 1. The lowest BCUT2D eigenvalue weighted by atomic mass is 9.85. The van der Waals surface area contributed by atoms with E-state index in [9.17, 15) is 38.4 Å². The van der Waals surface area contributed by atoms with Gasteiger partial charge >= 0.3 is 0 Å². The summed E-state index contributed by atoms with van der Waals surface area (Å²) in [5.74, 6) is -3.04. The number of carbonyl (C=O) groups excluding carboxylic acids is 8. The van der Waals surface area contributed by atoms with Crippen LogP contribution in [-0.4, -0.2) is 133 Å². The quantitative estimate of drug-likeness (QED) is 0.0509. The first kappa shape index (κ1) is 59.2. The second-order valence-corrected chi connectivity index (χ2v) is 22.2. The molecule has 0 aromatic heterocycles. The van der Waals surface area contributed by atoms with Gasteiger partial charge in [-0.3, -0.25) is 38.4 Å². The molecule has 4 aromatic carbocycles. The number of amides is 8. The summed E-state index contributed by atoms with van der Waals surface area (Å²) < 4.78 is 0. The molecule has 0 radical (unpaired) electrons. The zero-order valence-corrected chi connectivity index (χ0v) is 46.7.